The molecule has 1 fully saturated rings. The van der Waals surface area contributed by atoms with Gasteiger partial charge < -0.3 is 10.8 Å². The maximum Gasteiger partial charge on any atom is 0.0459 e. The minimum Gasteiger partial charge on any atom is -0.396 e. The molecule has 9 heavy (non-hydrogen) atoms. The van der Waals surface area contributed by atoms with Crippen LogP contribution in [0.2, 0.25) is 0 Å². The van der Waals surface area contributed by atoms with Crippen molar-refractivity contribution in [3.8, 4) is 0 Å². The van der Waals surface area contributed by atoms with Gasteiger partial charge in [-0.15, -0.1) is 0 Å². The third-order valence-electron chi connectivity index (χ3n) is 2.08. The molecular weight excluding hydrogens is 114 g/mol. The molecule has 2 nitrogen and oxygen atoms in total. The van der Waals surface area contributed by atoms with Crippen LogP contribution in [0.25, 0.3) is 0 Å². The SMILES string of the molecule is NC1CCCC(CO)C1. The average molecular weight is 129 g/mol. The van der Waals surface area contributed by atoms with Crippen LogP contribution >= 0.6 is 0 Å². The summed E-state index contributed by atoms with van der Waals surface area (Å²) in [6.45, 7) is 0.327. The molecular formula is C7H15NO. The minimum absolute atomic E-state index is 0.327. The number of nitrogens with two attached hydrogens (primary N) is 1. The van der Waals surface area contributed by atoms with Crippen LogP contribution in [0.15, 0.2) is 0 Å². The van der Waals surface area contributed by atoms with Gasteiger partial charge in [-0.2, -0.15) is 0 Å². The fraction of sp³-hybridized carbons (Fsp3) is 1.00. The Hall–Kier alpha value is -0.0800. The van der Waals surface area contributed by atoms with Gasteiger partial charge in [-0.3, -0.25) is 0 Å². The predicted molar refractivity (Wildman–Crippen MR) is 37.0 cm³/mol. The Morgan fingerprint density at radius 3 is 2.67 bits per heavy atom. The van der Waals surface area contributed by atoms with Crippen molar-refractivity contribution in [1.82, 2.24) is 0 Å². The first-order valence-corrected chi connectivity index (χ1v) is 3.69. The van der Waals surface area contributed by atoms with Crippen molar-refractivity contribution in [3.05, 3.63) is 0 Å². The first kappa shape index (κ1) is 7.03. The van der Waals surface area contributed by atoms with E-state index in [4.69, 9.17) is 10.8 Å². The summed E-state index contributed by atoms with van der Waals surface area (Å²) < 4.78 is 0. The van der Waals surface area contributed by atoms with E-state index >= 15 is 0 Å². The summed E-state index contributed by atoms with van der Waals surface area (Å²) in [4.78, 5) is 0. The highest BCUT2D eigenvalue weighted by molar-refractivity contribution is 4.73. The normalized spacial score (nSPS) is 36.7. The second-order valence-corrected chi connectivity index (χ2v) is 2.98. The summed E-state index contributed by atoms with van der Waals surface area (Å²) in [5.74, 6) is 0.494. The van der Waals surface area contributed by atoms with Gasteiger partial charge in [0.05, 0.1) is 0 Å². The third-order valence-corrected chi connectivity index (χ3v) is 2.08. The summed E-state index contributed by atoms with van der Waals surface area (Å²) in [5, 5.41) is 8.75. The van der Waals surface area contributed by atoms with E-state index in [2.05, 4.69) is 0 Å². The molecule has 2 unspecified atom stereocenters. The Morgan fingerprint density at radius 1 is 1.44 bits per heavy atom. The van der Waals surface area contributed by atoms with Crippen molar-refractivity contribution >= 4 is 0 Å². The molecule has 1 saturated carbocycles. The molecule has 0 heterocycles. The molecule has 0 amide bonds. The number of rotatable bonds is 1. The van der Waals surface area contributed by atoms with Crippen LogP contribution in [-0.4, -0.2) is 17.8 Å². The fourth-order valence-electron chi connectivity index (χ4n) is 1.50. The van der Waals surface area contributed by atoms with Crippen LogP contribution in [0, 0.1) is 5.92 Å². The van der Waals surface area contributed by atoms with Crippen LogP contribution < -0.4 is 5.73 Å². The zero-order valence-electron chi connectivity index (χ0n) is 5.71. The van der Waals surface area contributed by atoms with Gasteiger partial charge in [0.1, 0.15) is 0 Å². The smallest absolute Gasteiger partial charge is 0.0459 e. The molecule has 1 aliphatic carbocycles. The zero-order valence-corrected chi connectivity index (χ0v) is 5.71. The third kappa shape index (κ3) is 1.95. The van der Waals surface area contributed by atoms with Crippen LogP contribution in [0.3, 0.4) is 0 Å². The summed E-state index contributed by atoms with van der Waals surface area (Å²) >= 11 is 0. The molecule has 2 atom stereocenters. The molecule has 54 valence electrons. The Bertz CT molecular complexity index is 85.0. The molecule has 1 rings (SSSR count). The Morgan fingerprint density at radius 2 is 2.22 bits per heavy atom. The van der Waals surface area contributed by atoms with Crippen molar-refractivity contribution in [2.45, 2.75) is 31.7 Å². The van der Waals surface area contributed by atoms with Gasteiger partial charge in [0, 0.05) is 12.6 Å². The Balaban J connectivity index is 2.23. The highest BCUT2D eigenvalue weighted by Crippen LogP contribution is 2.21. The van der Waals surface area contributed by atoms with Gasteiger partial charge in [0.25, 0.3) is 0 Å². The Kier molecular flexibility index (Phi) is 2.49. The second-order valence-electron chi connectivity index (χ2n) is 2.98. The first-order chi connectivity index (χ1) is 4.33. The van der Waals surface area contributed by atoms with Crippen molar-refractivity contribution in [1.29, 1.82) is 0 Å². The molecule has 0 aromatic rings. The molecule has 0 aromatic carbocycles. The van der Waals surface area contributed by atoms with E-state index in [1.807, 2.05) is 0 Å². The lowest BCUT2D eigenvalue weighted by Crippen LogP contribution is -2.29. The number of aliphatic hydroxyl groups is 1. The monoisotopic (exact) mass is 129 g/mol. The predicted octanol–water partition coefficient (Wildman–Crippen LogP) is 0.496. The average Bonchev–Trinajstić information content (AvgIpc) is 1.88. The first-order valence-electron chi connectivity index (χ1n) is 3.69. The van der Waals surface area contributed by atoms with Crippen molar-refractivity contribution in [2.75, 3.05) is 6.61 Å². The van der Waals surface area contributed by atoms with E-state index in [-0.39, 0.29) is 0 Å². The topological polar surface area (TPSA) is 46.2 Å². The van der Waals surface area contributed by atoms with E-state index in [0.29, 0.717) is 18.6 Å². The zero-order chi connectivity index (χ0) is 6.69. The summed E-state index contributed by atoms with van der Waals surface area (Å²) in [7, 11) is 0. The lowest BCUT2D eigenvalue weighted by molar-refractivity contribution is 0.180. The van der Waals surface area contributed by atoms with E-state index in [1.54, 1.807) is 0 Å². The molecule has 0 bridgehead atoms. The van der Waals surface area contributed by atoms with Crippen LogP contribution in [0.5, 0.6) is 0 Å². The molecule has 0 spiro atoms. The summed E-state index contributed by atoms with van der Waals surface area (Å²) in [6, 6.07) is 0.357. The lowest BCUT2D eigenvalue weighted by atomic mass is 9.87. The highest BCUT2D eigenvalue weighted by Gasteiger charge is 2.17. The minimum atomic E-state index is 0.327. The molecule has 0 saturated heterocycles. The van der Waals surface area contributed by atoms with E-state index < -0.39 is 0 Å². The quantitative estimate of drug-likeness (QED) is 0.541. The van der Waals surface area contributed by atoms with Gasteiger partial charge >= 0.3 is 0 Å². The summed E-state index contributed by atoms with van der Waals surface area (Å²) in [5.41, 5.74) is 5.69. The van der Waals surface area contributed by atoms with E-state index in [9.17, 15) is 0 Å². The van der Waals surface area contributed by atoms with Crippen LogP contribution in [-0.2, 0) is 0 Å². The van der Waals surface area contributed by atoms with Gasteiger partial charge in [-0.05, 0) is 25.2 Å². The standard InChI is InChI=1S/C7H15NO/c8-7-3-1-2-6(4-7)5-9/h6-7,9H,1-5,8H2. The molecule has 3 N–H and O–H groups in total. The lowest BCUT2D eigenvalue weighted by Gasteiger charge is -2.24. The van der Waals surface area contributed by atoms with Gasteiger partial charge in [-0.25, -0.2) is 0 Å². The molecule has 0 aliphatic heterocycles. The number of aliphatic hydroxyl groups excluding tert-OH is 1. The maximum absolute atomic E-state index is 8.75. The van der Waals surface area contributed by atoms with Crippen LogP contribution in [0.4, 0.5) is 0 Å². The maximum atomic E-state index is 8.75. The molecule has 0 radical (unpaired) electrons. The second kappa shape index (κ2) is 3.18. The molecule has 2 heteroatoms. The van der Waals surface area contributed by atoms with Crippen molar-refractivity contribution in [2.24, 2.45) is 11.7 Å². The molecule has 0 aromatic heterocycles. The van der Waals surface area contributed by atoms with Crippen molar-refractivity contribution < 1.29 is 5.11 Å². The van der Waals surface area contributed by atoms with Crippen molar-refractivity contribution in [3.63, 3.8) is 0 Å². The molecule has 1 aliphatic rings. The highest BCUT2D eigenvalue weighted by atomic mass is 16.3. The van der Waals surface area contributed by atoms with Gasteiger partial charge in [0.15, 0.2) is 0 Å². The number of hydrogen-bond acceptors (Lipinski definition) is 2. The van der Waals surface area contributed by atoms with E-state index in [1.165, 1.54) is 12.8 Å². The number of hydrogen-bond donors (Lipinski definition) is 2. The van der Waals surface area contributed by atoms with E-state index in [0.717, 1.165) is 12.8 Å². The van der Waals surface area contributed by atoms with Gasteiger partial charge in [0.2, 0.25) is 0 Å². The summed E-state index contributed by atoms with van der Waals surface area (Å²) in [6.07, 6.45) is 4.55. The fourth-order valence-corrected chi connectivity index (χ4v) is 1.50. The van der Waals surface area contributed by atoms with Gasteiger partial charge in [-0.1, -0.05) is 6.42 Å². The Labute approximate surface area is 56.1 Å². The van der Waals surface area contributed by atoms with Crippen LogP contribution in [0.1, 0.15) is 25.7 Å². The largest absolute Gasteiger partial charge is 0.396 e.